The van der Waals surface area contributed by atoms with Crippen molar-refractivity contribution in [3.8, 4) is 0 Å². The van der Waals surface area contributed by atoms with Gasteiger partial charge in [-0.05, 0) is 25.6 Å². The fourth-order valence-corrected chi connectivity index (χ4v) is 3.38. The van der Waals surface area contributed by atoms with Crippen LogP contribution in [0.15, 0.2) is 24.5 Å². The lowest BCUT2D eigenvalue weighted by Gasteiger charge is -2.36. The third-order valence-electron chi connectivity index (χ3n) is 4.76. The van der Waals surface area contributed by atoms with Gasteiger partial charge in [-0.2, -0.15) is 0 Å². The number of rotatable bonds is 3. The van der Waals surface area contributed by atoms with E-state index in [0.29, 0.717) is 26.1 Å². The summed E-state index contributed by atoms with van der Waals surface area (Å²) in [6.07, 6.45) is 3.99. The van der Waals surface area contributed by atoms with Crippen LogP contribution in [0.1, 0.15) is 6.42 Å². The first-order chi connectivity index (χ1) is 11.5. The number of piperazine rings is 1. The highest BCUT2D eigenvalue weighted by molar-refractivity contribution is 5.76. The Bertz CT molecular complexity index is 589. The van der Waals surface area contributed by atoms with Gasteiger partial charge in [0.05, 0.1) is 0 Å². The van der Waals surface area contributed by atoms with Gasteiger partial charge in [-0.3, -0.25) is 14.7 Å². The third kappa shape index (κ3) is 3.59. The molecule has 3 heterocycles. The summed E-state index contributed by atoms with van der Waals surface area (Å²) in [5, 5.41) is 12.1. The topological polar surface area (TPSA) is 89.0 Å². The molecule has 2 N–H and O–H groups in total. The maximum atomic E-state index is 12.4. The Morgan fingerprint density at radius 2 is 1.88 bits per heavy atom. The van der Waals surface area contributed by atoms with E-state index >= 15 is 0 Å². The van der Waals surface area contributed by atoms with Crippen molar-refractivity contribution < 1.29 is 14.7 Å². The lowest BCUT2D eigenvalue weighted by Crippen LogP contribution is -2.53. The second kappa shape index (κ2) is 7.04. The number of carbonyl (C=O) groups is 2. The van der Waals surface area contributed by atoms with E-state index in [1.165, 1.54) is 0 Å². The number of likely N-dealkylation sites (N-methyl/N-ethyl adjacent to an activating group) is 1. The van der Waals surface area contributed by atoms with Gasteiger partial charge in [0, 0.05) is 56.8 Å². The van der Waals surface area contributed by atoms with Gasteiger partial charge in [0.15, 0.2) is 0 Å². The predicted molar refractivity (Wildman–Crippen MR) is 89.0 cm³/mol. The number of nitrogens with one attached hydrogen (secondary N) is 1. The highest BCUT2D eigenvalue weighted by Gasteiger charge is 2.35. The van der Waals surface area contributed by atoms with E-state index in [1.54, 1.807) is 29.2 Å². The minimum absolute atomic E-state index is 0.103. The van der Waals surface area contributed by atoms with Gasteiger partial charge in [-0.1, -0.05) is 0 Å². The summed E-state index contributed by atoms with van der Waals surface area (Å²) < 4.78 is 0. The fraction of sp³-hybridized carbons (Fsp3) is 0.562. The highest BCUT2D eigenvalue weighted by atomic mass is 16.4. The van der Waals surface area contributed by atoms with Gasteiger partial charge in [0.25, 0.3) is 0 Å². The Morgan fingerprint density at radius 1 is 1.21 bits per heavy atom. The lowest BCUT2D eigenvalue weighted by atomic mass is 10.2. The van der Waals surface area contributed by atoms with Crippen LogP contribution in [0.4, 0.5) is 10.5 Å². The molecule has 0 radical (unpaired) electrons. The normalized spacial score (nSPS) is 24.9. The van der Waals surface area contributed by atoms with Crippen LogP contribution in [-0.2, 0) is 4.79 Å². The van der Waals surface area contributed by atoms with Crippen LogP contribution in [-0.4, -0.2) is 83.7 Å². The van der Waals surface area contributed by atoms with E-state index in [1.807, 2.05) is 12.1 Å². The molecular formula is C16H23N5O3. The number of pyridine rings is 1. The zero-order chi connectivity index (χ0) is 17.1. The van der Waals surface area contributed by atoms with Crippen molar-refractivity contribution in [2.45, 2.75) is 18.5 Å². The van der Waals surface area contributed by atoms with Gasteiger partial charge in [0.2, 0.25) is 0 Å². The Morgan fingerprint density at radius 3 is 2.46 bits per heavy atom. The molecule has 0 aromatic carbocycles. The average Bonchev–Trinajstić information content (AvgIpc) is 2.96. The van der Waals surface area contributed by atoms with Crippen LogP contribution >= 0.6 is 0 Å². The van der Waals surface area contributed by atoms with E-state index in [2.05, 4.69) is 15.2 Å². The molecule has 0 saturated carbocycles. The maximum absolute atomic E-state index is 12.4. The molecule has 0 spiro atoms. The van der Waals surface area contributed by atoms with Gasteiger partial charge in [-0.15, -0.1) is 0 Å². The summed E-state index contributed by atoms with van der Waals surface area (Å²) >= 11 is 0. The number of aliphatic carboxylic acids is 1. The Kier molecular flexibility index (Phi) is 4.84. The zero-order valence-electron chi connectivity index (χ0n) is 13.8. The summed E-state index contributed by atoms with van der Waals surface area (Å²) in [6.45, 7) is 3.43. The lowest BCUT2D eigenvalue weighted by molar-refractivity contribution is -0.141. The molecule has 2 saturated heterocycles. The molecule has 8 nitrogen and oxygen atoms in total. The second-order valence-corrected chi connectivity index (χ2v) is 6.36. The van der Waals surface area contributed by atoms with Crippen molar-refractivity contribution in [2.24, 2.45) is 0 Å². The summed E-state index contributed by atoms with van der Waals surface area (Å²) in [7, 11) is 1.78. The number of hydrogen-bond donors (Lipinski definition) is 2. The van der Waals surface area contributed by atoms with Crippen molar-refractivity contribution in [1.29, 1.82) is 0 Å². The first kappa shape index (κ1) is 16.5. The van der Waals surface area contributed by atoms with Gasteiger partial charge in [0.1, 0.15) is 6.04 Å². The van der Waals surface area contributed by atoms with Crippen LogP contribution in [0.2, 0.25) is 0 Å². The average molecular weight is 333 g/mol. The number of carboxylic acids is 1. The molecule has 130 valence electrons. The molecule has 1 aromatic rings. The molecule has 2 aliphatic rings. The van der Waals surface area contributed by atoms with E-state index < -0.39 is 12.0 Å². The second-order valence-electron chi connectivity index (χ2n) is 6.36. The Hall–Kier alpha value is -2.35. The summed E-state index contributed by atoms with van der Waals surface area (Å²) in [6, 6.07) is 3.21. The van der Waals surface area contributed by atoms with Crippen LogP contribution in [0, 0.1) is 0 Å². The number of hydrogen-bond acceptors (Lipinski definition) is 5. The van der Waals surface area contributed by atoms with E-state index in [9.17, 15) is 9.59 Å². The van der Waals surface area contributed by atoms with Crippen molar-refractivity contribution in [3.05, 3.63) is 24.5 Å². The number of carbonyl (C=O) groups excluding carboxylic acids is 1. The number of aromatic nitrogens is 1. The van der Waals surface area contributed by atoms with Gasteiger partial charge < -0.3 is 20.2 Å². The standard InChI is InChI=1S/C16H23N5O3/c1-19-11-12(10-14(19)15(22)23)18-16(24)21-8-6-20(7-9-21)13-2-4-17-5-3-13/h2-5,12,14H,6-11H2,1H3,(H,18,24)(H,22,23)/t12-,14-/m0/s1. The monoisotopic (exact) mass is 333 g/mol. The molecule has 8 heteroatoms. The van der Waals surface area contributed by atoms with E-state index in [0.717, 1.165) is 18.8 Å². The maximum Gasteiger partial charge on any atom is 0.320 e. The molecule has 0 bridgehead atoms. The fourth-order valence-electron chi connectivity index (χ4n) is 3.38. The van der Waals surface area contributed by atoms with E-state index in [-0.39, 0.29) is 12.1 Å². The summed E-state index contributed by atoms with van der Waals surface area (Å²) in [5.74, 6) is -0.833. The van der Waals surface area contributed by atoms with Crippen molar-refractivity contribution in [1.82, 2.24) is 20.1 Å². The SMILES string of the molecule is CN1C[C@@H](NC(=O)N2CCN(c3ccncc3)CC2)C[C@H]1C(=O)O. The molecule has 2 amide bonds. The van der Waals surface area contributed by atoms with Crippen LogP contribution in [0.5, 0.6) is 0 Å². The first-order valence-corrected chi connectivity index (χ1v) is 8.18. The van der Waals surface area contributed by atoms with Crippen LogP contribution in [0.25, 0.3) is 0 Å². The predicted octanol–water partition coefficient (Wildman–Crippen LogP) is 0.0705. The molecule has 2 atom stereocenters. The summed E-state index contributed by atoms with van der Waals surface area (Å²) in [5.41, 5.74) is 1.12. The third-order valence-corrected chi connectivity index (χ3v) is 4.76. The number of nitrogens with zero attached hydrogens (tertiary/aromatic N) is 4. The minimum atomic E-state index is -0.833. The number of urea groups is 1. The minimum Gasteiger partial charge on any atom is -0.480 e. The molecular weight excluding hydrogens is 310 g/mol. The number of likely N-dealkylation sites (tertiary alicyclic amines) is 1. The molecule has 0 aliphatic carbocycles. The molecule has 0 unspecified atom stereocenters. The van der Waals surface area contributed by atoms with Crippen molar-refractivity contribution in [2.75, 3.05) is 44.7 Å². The quantitative estimate of drug-likeness (QED) is 0.814. The summed E-state index contributed by atoms with van der Waals surface area (Å²) in [4.78, 5) is 33.4. The molecule has 1 aromatic heterocycles. The van der Waals surface area contributed by atoms with Gasteiger partial charge in [-0.25, -0.2) is 4.79 Å². The smallest absolute Gasteiger partial charge is 0.320 e. The number of anilines is 1. The molecule has 24 heavy (non-hydrogen) atoms. The molecule has 2 aliphatic heterocycles. The van der Waals surface area contributed by atoms with E-state index in [4.69, 9.17) is 5.11 Å². The largest absolute Gasteiger partial charge is 0.480 e. The van der Waals surface area contributed by atoms with Crippen LogP contribution in [0.3, 0.4) is 0 Å². The van der Waals surface area contributed by atoms with Crippen molar-refractivity contribution >= 4 is 17.7 Å². The molecule has 2 fully saturated rings. The Labute approximate surface area is 141 Å². The van der Waals surface area contributed by atoms with Gasteiger partial charge >= 0.3 is 12.0 Å². The number of carboxylic acid groups (broad SMARTS) is 1. The zero-order valence-corrected chi connectivity index (χ0v) is 13.8. The molecule has 3 rings (SSSR count). The number of amides is 2. The van der Waals surface area contributed by atoms with Crippen molar-refractivity contribution in [3.63, 3.8) is 0 Å². The Balaban J connectivity index is 1.48. The highest BCUT2D eigenvalue weighted by Crippen LogP contribution is 2.17. The first-order valence-electron chi connectivity index (χ1n) is 8.18. The van der Waals surface area contributed by atoms with Crippen LogP contribution < -0.4 is 10.2 Å².